The maximum Gasteiger partial charge on any atom is 0.398 e. The van der Waals surface area contributed by atoms with Gasteiger partial charge in [0.15, 0.2) is 5.75 Å². The summed E-state index contributed by atoms with van der Waals surface area (Å²) in [6, 6.07) is 13.3. The molecular formula is C19H20Cl2O4. The summed E-state index contributed by atoms with van der Waals surface area (Å²) >= 11 is 11.7. The molecule has 1 unspecified atom stereocenters. The number of carbonyl (C=O) groups excluding carboxylic acids is 1. The molecule has 0 aliphatic heterocycles. The fourth-order valence-corrected chi connectivity index (χ4v) is 2.39. The number of benzene rings is 2. The molecule has 0 heterocycles. The van der Waals surface area contributed by atoms with Crippen LogP contribution in [0.1, 0.15) is 33.1 Å². The fraction of sp³-hybridized carbons (Fsp3) is 0.316. The Morgan fingerprint density at radius 1 is 0.960 bits per heavy atom. The van der Waals surface area contributed by atoms with Gasteiger partial charge in [-0.2, -0.15) is 0 Å². The maximum absolute atomic E-state index is 12.6. The van der Waals surface area contributed by atoms with E-state index in [0.717, 1.165) is 12.8 Å². The molecule has 2 aromatic carbocycles. The Bertz CT molecular complexity index is 686. The lowest BCUT2D eigenvalue weighted by Crippen LogP contribution is -2.43. The van der Waals surface area contributed by atoms with Crippen molar-refractivity contribution in [3.63, 3.8) is 0 Å². The zero-order chi connectivity index (χ0) is 18.3. The van der Waals surface area contributed by atoms with Gasteiger partial charge in [-0.3, -0.25) is 4.89 Å². The summed E-state index contributed by atoms with van der Waals surface area (Å²) in [6.45, 7) is 3.73. The van der Waals surface area contributed by atoms with Crippen molar-refractivity contribution < 1.29 is 19.3 Å². The first kappa shape index (κ1) is 19.4. The number of ether oxygens (including phenoxy) is 1. The van der Waals surface area contributed by atoms with E-state index < -0.39 is 11.6 Å². The van der Waals surface area contributed by atoms with Gasteiger partial charge >= 0.3 is 5.97 Å². The quantitative estimate of drug-likeness (QED) is 0.423. The standard InChI is InChI=1S/C19H20Cl2O4/c1-3-4-13-19(2,23-16-9-5-14(20)6-10-16)18(22)25-24-17-11-7-15(21)8-12-17/h5-12H,3-4,13H2,1-2H3. The summed E-state index contributed by atoms with van der Waals surface area (Å²) in [5.74, 6) is 0.305. The van der Waals surface area contributed by atoms with Crippen LogP contribution in [0.5, 0.6) is 11.5 Å². The van der Waals surface area contributed by atoms with Crippen molar-refractivity contribution in [2.75, 3.05) is 0 Å². The first-order valence-electron chi connectivity index (χ1n) is 8.02. The Balaban J connectivity index is 2.06. The second kappa shape index (κ2) is 8.97. The molecule has 0 N–H and O–H groups in total. The van der Waals surface area contributed by atoms with Crippen molar-refractivity contribution in [3.8, 4) is 11.5 Å². The minimum Gasteiger partial charge on any atom is -0.476 e. The van der Waals surface area contributed by atoms with E-state index in [4.69, 9.17) is 37.7 Å². The highest BCUT2D eigenvalue weighted by Crippen LogP contribution is 2.26. The molecule has 0 amide bonds. The SMILES string of the molecule is CCCCC(C)(Oc1ccc(Cl)cc1)C(=O)OOc1ccc(Cl)cc1. The topological polar surface area (TPSA) is 44.8 Å². The van der Waals surface area contributed by atoms with Crippen molar-refractivity contribution in [3.05, 3.63) is 58.6 Å². The van der Waals surface area contributed by atoms with Gasteiger partial charge in [0.2, 0.25) is 5.60 Å². The number of hydrogen-bond donors (Lipinski definition) is 0. The van der Waals surface area contributed by atoms with E-state index in [1.165, 1.54) is 0 Å². The average Bonchev–Trinajstić information content (AvgIpc) is 2.61. The Morgan fingerprint density at radius 2 is 1.48 bits per heavy atom. The molecule has 4 nitrogen and oxygen atoms in total. The van der Waals surface area contributed by atoms with E-state index >= 15 is 0 Å². The van der Waals surface area contributed by atoms with Crippen molar-refractivity contribution in [1.29, 1.82) is 0 Å². The van der Waals surface area contributed by atoms with Crippen LogP contribution < -0.4 is 9.62 Å². The van der Waals surface area contributed by atoms with Crippen molar-refractivity contribution in [2.45, 2.75) is 38.7 Å². The smallest absolute Gasteiger partial charge is 0.398 e. The van der Waals surface area contributed by atoms with E-state index in [0.29, 0.717) is 28.0 Å². The molecule has 25 heavy (non-hydrogen) atoms. The van der Waals surface area contributed by atoms with E-state index in [9.17, 15) is 4.79 Å². The van der Waals surface area contributed by atoms with Gasteiger partial charge in [-0.15, -0.1) is 0 Å². The second-order valence-corrected chi connectivity index (χ2v) is 6.67. The molecule has 0 bridgehead atoms. The Morgan fingerprint density at radius 3 is 2.00 bits per heavy atom. The summed E-state index contributed by atoms with van der Waals surface area (Å²) in [7, 11) is 0. The van der Waals surface area contributed by atoms with Crippen LogP contribution in [0, 0.1) is 0 Å². The van der Waals surface area contributed by atoms with Crippen molar-refractivity contribution >= 4 is 29.2 Å². The molecule has 0 aliphatic rings. The lowest BCUT2D eigenvalue weighted by atomic mass is 9.99. The third-order valence-electron chi connectivity index (χ3n) is 3.62. The van der Waals surface area contributed by atoms with Crippen LogP contribution in [0.15, 0.2) is 48.5 Å². The maximum atomic E-state index is 12.6. The van der Waals surface area contributed by atoms with Gasteiger partial charge in [-0.05, 0) is 68.3 Å². The Kier molecular flexibility index (Phi) is 6.97. The number of unbranched alkanes of at least 4 members (excludes halogenated alkanes) is 1. The molecule has 2 rings (SSSR count). The van der Waals surface area contributed by atoms with Crippen LogP contribution in [0.25, 0.3) is 0 Å². The molecule has 2 aromatic rings. The van der Waals surface area contributed by atoms with Gasteiger partial charge in [-0.25, -0.2) is 9.68 Å². The highest BCUT2D eigenvalue weighted by Gasteiger charge is 2.38. The molecule has 0 spiro atoms. The molecule has 134 valence electrons. The number of carbonyl (C=O) groups is 1. The Labute approximate surface area is 157 Å². The summed E-state index contributed by atoms with van der Waals surface area (Å²) in [6.07, 6.45) is 2.22. The van der Waals surface area contributed by atoms with Crippen LogP contribution in [0.2, 0.25) is 10.0 Å². The normalized spacial score (nSPS) is 13.0. The molecule has 0 radical (unpaired) electrons. The van der Waals surface area contributed by atoms with Gasteiger partial charge in [0.05, 0.1) is 0 Å². The summed E-state index contributed by atoms with van der Waals surface area (Å²) in [5.41, 5.74) is -1.17. The molecule has 0 aromatic heterocycles. The minimum absolute atomic E-state index is 0.377. The molecule has 1 atom stereocenters. The summed E-state index contributed by atoms with van der Waals surface area (Å²) in [4.78, 5) is 22.6. The van der Waals surface area contributed by atoms with Gasteiger partial charge < -0.3 is 4.74 Å². The third-order valence-corrected chi connectivity index (χ3v) is 4.13. The predicted molar refractivity (Wildman–Crippen MR) is 98.2 cm³/mol. The van der Waals surface area contributed by atoms with E-state index in [2.05, 4.69) is 0 Å². The zero-order valence-corrected chi connectivity index (χ0v) is 15.6. The number of rotatable bonds is 8. The lowest BCUT2D eigenvalue weighted by molar-refractivity contribution is -0.229. The predicted octanol–water partition coefficient (Wildman–Crippen LogP) is 5.86. The summed E-state index contributed by atoms with van der Waals surface area (Å²) < 4.78 is 5.89. The largest absolute Gasteiger partial charge is 0.476 e. The first-order valence-corrected chi connectivity index (χ1v) is 8.77. The highest BCUT2D eigenvalue weighted by atomic mass is 35.5. The Hall–Kier alpha value is -1.91. The molecule has 0 saturated carbocycles. The van der Waals surface area contributed by atoms with Crippen molar-refractivity contribution in [2.24, 2.45) is 0 Å². The number of hydrogen-bond acceptors (Lipinski definition) is 4. The van der Waals surface area contributed by atoms with Crippen LogP contribution >= 0.6 is 23.2 Å². The van der Waals surface area contributed by atoms with Crippen LogP contribution in [0.4, 0.5) is 0 Å². The number of halogens is 2. The lowest BCUT2D eigenvalue weighted by Gasteiger charge is -2.27. The van der Waals surface area contributed by atoms with Gasteiger partial charge in [-0.1, -0.05) is 36.5 Å². The monoisotopic (exact) mass is 382 g/mol. The first-order chi connectivity index (χ1) is 11.9. The third kappa shape index (κ3) is 5.83. The van der Waals surface area contributed by atoms with Crippen LogP contribution in [-0.4, -0.2) is 11.6 Å². The average molecular weight is 383 g/mol. The summed E-state index contributed by atoms with van der Waals surface area (Å²) in [5, 5.41) is 1.16. The van der Waals surface area contributed by atoms with Crippen LogP contribution in [0.3, 0.4) is 0 Å². The van der Waals surface area contributed by atoms with Gasteiger partial charge in [0.25, 0.3) is 0 Å². The molecule has 0 aliphatic carbocycles. The van der Waals surface area contributed by atoms with E-state index in [1.54, 1.807) is 55.5 Å². The van der Waals surface area contributed by atoms with Gasteiger partial charge in [0, 0.05) is 10.0 Å². The highest BCUT2D eigenvalue weighted by molar-refractivity contribution is 6.30. The molecule has 0 fully saturated rings. The van der Waals surface area contributed by atoms with Crippen molar-refractivity contribution in [1.82, 2.24) is 0 Å². The zero-order valence-electron chi connectivity index (χ0n) is 14.1. The fourth-order valence-electron chi connectivity index (χ4n) is 2.14. The van der Waals surface area contributed by atoms with E-state index in [-0.39, 0.29) is 0 Å². The van der Waals surface area contributed by atoms with E-state index in [1.807, 2.05) is 6.92 Å². The molecular weight excluding hydrogens is 363 g/mol. The molecule has 6 heteroatoms. The van der Waals surface area contributed by atoms with Crippen LogP contribution in [-0.2, 0) is 9.68 Å². The molecule has 0 saturated heterocycles. The van der Waals surface area contributed by atoms with Gasteiger partial charge in [0.1, 0.15) is 5.75 Å². The second-order valence-electron chi connectivity index (χ2n) is 5.80. The minimum atomic E-state index is -1.17.